The molecule has 2 aromatic rings. The van der Waals surface area contributed by atoms with E-state index in [0.29, 0.717) is 11.8 Å². The van der Waals surface area contributed by atoms with E-state index < -0.39 is 0 Å². The quantitative estimate of drug-likeness (QED) is 0.196. The number of furan rings is 2. The summed E-state index contributed by atoms with van der Waals surface area (Å²) in [6.45, 7) is 18.1. The molecule has 0 saturated heterocycles. The molecule has 4 aliphatic carbocycles. The van der Waals surface area contributed by atoms with Gasteiger partial charge in [-0.05, 0) is 131 Å². The predicted octanol–water partition coefficient (Wildman–Crippen LogP) is 11.5. The van der Waals surface area contributed by atoms with Crippen LogP contribution in [-0.4, -0.2) is 0 Å². The zero-order valence-corrected chi connectivity index (χ0v) is 26.2. The summed E-state index contributed by atoms with van der Waals surface area (Å²) in [5.74, 6) is 2.65. The molecule has 214 valence electrons. The van der Waals surface area contributed by atoms with Crippen LogP contribution >= 0.6 is 0 Å². The number of hydrogen-bond donors (Lipinski definition) is 0. The van der Waals surface area contributed by atoms with Crippen LogP contribution in [0.3, 0.4) is 0 Å². The van der Waals surface area contributed by atoms with Crippen LogP contribution in [-0.2, 0) is 0 Å². The van der Waals surface area contributed by atoms with Gasteiger partial charge >= 0.3 is 0 Å². The van der Waals surface area contributed by atoms with Crippen molar-refractivity contribution in [1.82, 2.24) is 0 Å². The monoisotopic (exact) mass is 554 g/mol. The zero-order chi connectivity index (χ0) is 29.7. The van der Waals surface area contributed by atoms with E-state index in [2.05, 4.69) is 116 Å². The summed E-state index contributed by atoms with van der Waals surface area (Å²) in [6, 6.07) is 27.0. The fourth-order valence-electron chi connectivity index (χ4n) is 6.90. The van der Waals surface area contributed by atoms with Crippen molar-refractivity contribution in [3.8, 4) is 22.3 Å². The Kier molecular flexibility index (Phi) is 7.35. The van der Waals surface area contributed by atoms with Crippen LogP contribution in [0.4, 0.5) is 0 Å². The number of rotatable bonds is 7. The summed E-state index contributed by atoms with van der Waals surface area (Å²) in [5, 5.41) is 0. The lowest BCUT2D eigenvalue weighted by Gasteiger charge is -2.27. The van der Waals surface area contributed by atoms with Crippen molar-refractivity contribution in [1.29, 1.82) is 0 Å². The average Bonchev–Trinajstić information content (AvgIpc) is 3.72. The first-order valence-corrected chi connectivity index (χ1v) is 15.3. The summed E-state index contributed by atoms with van der Waals surface area (Å²) in [7, 11) is 0. The van der Waals surface area contributed by atoms with E-state index in [1.807, 2.05) is 12.1 Å². The van der Waals surface area contributed by atoms with Gasteiger partial charge < -0.3 is 8.83 Å². The molecule has 0 unspecified atom stereocenters. The van der Waals surface area contributed by atoms with Gasteiger partial charge in [0.1, 0.15) is 11.5 Å². The molecule has 0 aromatic carbocycles. The van der Waals surface area contributed by atoms with Gasteiger partial charge in [-0.25, -0.2) is 0 Å². The van der Waals surface area contributed by atoms with Gasteiger partial charge in [-0.3, -0.25) is 0 Å². The van der Waals surface area contributed by atoms with Crippen LogP contribution < -0.4 is 0 Å². The molecule has 2 aromatic heterocycles. The number of fused-ring (bicyclic) bond motifs is 2. The molecule has 2 heteroatoms. The van der Waals surface area contributed by atoms with Crippen LogP contribution in [0.2, 0.25) is 0 Å². The van der Waals surface area contributed by atoms with E-state index in [9.17, 15) is 0 Å². The minimum Gasteiger partial charge on any atom is -0.469 e. The molecule has 0 spiro atoms. The maximum absolute atomic E-state index is 6.31. The Morgan fingerprint density at radius 2 is 0.881 bits per heavy atom. The highest BCUT2D eigenvalue weighted by Gasteiger charge is 2.38. The molecule has 0 radical (unpaired) electrons. The lowest BCUT2D eigenvalue weighted by atomic mass is 9.76. The Morgan fingerprint density at radius 1 is 0.476 bits per heavy atom. The maximum atomic E-state index is 6.31. The lowest BCUT2D eigenvalue weighted by Crippen LogP contribution is -2.14. The van der Waals surface area contributed by atoms with Crippen molar-refractivity contribution in [2.75, 3.05) is 0 Å². The highest BCUT2D eigenvalue weighted by molar-refractivity contribution is 5.82. The van der Waals surface area contributed by atoms with E-state index >= 15 is 0 Å². The van der Waals surface area contributed by atoms with Crippen molar-refractivity contribution in [2.45, 2.75) is 79.1 Å². The maximum Gasteiger partial charge on any atom is 0.112 e. The average molecular weight is 555 g/mol. The zero-order valence-electron chi connectivity index (χ0n) is 26.2. The number of aryl methyl sites for hydroxylation is 4. The molecule has 4 aliphatic rings. The molecule has 0 N–H and O–H groups in total. The molecule has 0 aliphatic heterocycles. The molecule has 2 heterocycles. The molecule has 0 amide bonds. The molecule has 2 nitrogen and oxygen atoms in total. The summed E-state index contributed by atoms with van der Waals surface area (Å²) >= 11 is 0. The third-order valence-corrected chi connectivity index (χ3v) is 9.21. The van der Waals surface area contributed by atoms with Gasteiger partial charge in [0.25, 0.3) is 0 Å². The standard InChI is InChI=1S/C40H42O2/c1-23(2)29-15-13-25(5)37-31(21-29)27(7)19-33(37)39(35-11-9-17-41-35)40(36-12-10-18-42-36)34-20-28(8)32-22-30(24(3)4)16-14-26(6)38(32)34/h9-24,39-40H,1-8H3/t39-,40-/m1/s1. The highest BCUT2D eigenvalue weighted by atomic mass is 16.3. The lowest BCUT2D eigenvalue weighted by molar-refractivity contribution is 0.424. The molecule has 0 saturated carbocycles. The Morgan fingerprint density at radius 3 is 1.21 bits per heavy atom. The van der Waals surface area contributed by atoms with E-state index in [1.165, 1.54) is 66.8 Å². The second-order valence-corrected chi connectivity index (χ2v) is 12.8. The van der Waals surface area contributed by atoms with Gasteiger partial charge in [-0.1, -0.05) is 76.2 Å². The van der Waals surface area contributed by atoms with E-state index in [-0.39, 0.29) is 11.8 Å². The smallest absolute Gasteiger partial charge is 0.112 e. The first-order valence-electron chi connectivity index (χ1n) is 15.3. The first kappa shape index (κ1) is 28.1. The topological polar surface area (TPSA) is 26.3 Å². The largest absolute Gasteiger partial charge is 0.469 e. The first-order chi connectivity index (χ1) is 20.2. The fraction of sp³-hybridized carbons (Fsp3) is 0.300. The normalized spacial score (nSPS) is 13.5. The van der Waals surface area contributed by atoms with Crippen molar-refractivity contribution >= 4 is 0 Å². The second kappa shape index (κ2) is 11.0. The van der Waals surface area contributed by atoms with Gasteiger partial charge in [0.2, 0.25) is 0 Å². The third-order valence-electron chi connectivity index (χ3n) is 9.21. The summed E-state index contributed by atoms with van der Waals surface area (Å²) in [6.07, 6.45) is 3.61. The Balaban J connectivity index is 1.66. The minimum atomic E-state index is -0.0783. The van der Waals surface area contributed by atoms with Crippen molar-refractivity contribution in [2.24, 2.45) is 0 Å². The third kappa shape index (κ3) is 4.77. The SMILES string of the molecule is Cc1cc([C@H](c2ccco2)[C@@H](c2ccco2)c2cc(C)c3cc(C(C)C)ccc(C)c2-3)c2c(C)ccc(C(C)C)cc1-2. The van der Waals surface area contributed by atoms with Gasteiger partial charge in [0.05, 0.1) is 24.4 Å². The highest BCUT2D eigenvalue weighted by Crippen LogP contribution is 2.52. The molecule has 2 atom stereocenters. The van der Waals surface area contributed by atoms with E-state index in [4.69, 9.17) is 8.83 Å². The molecule has 0 fully saturated rings. The van der Waals surface area contributed by atoms with E-state index in [0.717, 1.165) is 11.5 Å². The van der Waals surface area contributed by atoms with Crippen LogP contribution in [0.15, 0.2) is 94.2 Å². The van der Waals surface area contributed by atoms with Gasteiger partial charge in [-0.15, -0.1) is 0 Å². The van der Waals surface area contributed by atoms with Crippen molar-refractivity contribution in [3.05, 3.63) is 141 Å². The Labute approximate surface area is 251 Å². The van der Waals surface area contributed by atoms with Crippen LogP contribution in [0.25, 0.3) is 22.3 Å². The Bertz CT molecular complexity index is 1630. The molecular formula is C40H42O2. The minimum absolute atomic E-state index is 0.0783. The molecular weight excluding hydrogens is 512 g/mol. The van der Waals surface area contributed by atoms with Crippen molar-refractivity contribution in [3.63, 3.8) is 0 Å². The fourth-order valence-corrected chi connectivity index (χ4v) is 6.90. The van der Waals surface area contributed by atoms with E-state index in [1.54, 1.807) is 12.5 Å². The van der Waals surface area contributed by atoms with Gasteiger partial charge in [0, 0.05) is 0 Å². The van der Waals surface area contributed by atoms with Gasteiger partial charge in [-0.2, -0.15) is 0 Å². The summed E-state index contributed by atoms with van der Waals surface area (Å²) < 4.78 is 12.6. The number of hydrogen-bond acceptors (Lipinski definition) is 2. The van der Waals surface area contributed by atoms with Crippen LogP contribution in [0.1, 0.15) is 107 Å². The summed E-state index contributed by atoms with van der Waals surface area (Å²) in [4.78, 5) is 0. The molecule has 0 bridgehead atoms. The van der Waals surface area contributed by atoms with Crippen LogP contribution in [0, 0.1) is 27.7 Å². The second-order valence-electron chi connectivity index (χ2n) is 12.8. The van der Waals surface area contributed by atoms with Crippen LogP contribution in [0.5, 0.6) is 0 Å². The Hall–Kier alpha value is -4.04. The molecule has 42 heavy (non-hydrogen) atoms. The summed E-state index contributed by atoms with van der Waals surface area (Å²) in [5.41, 5.74) is 15.7. The van der Waals surface area contributed by atoms with Gasteiger partial charge in [0.15, 0.2) is 0 Å². The van der Waals surface area contributed by atoms with Crippen molar-refractivity contribution < 1.29 is 8.83 Å². The predicted molar refractivity (Wildman–Crippen MR) is 174 cm³/mol. The molecule has 6 rings (SSSR count).